The number of rotatable bonds is 5. The van der Waals surface area contributed by atoms with Gasteiger partial charge in [0.2, 0.25) is 5.71 Å². The molecule has 0 spiro atoms. The first-order valence-electron chi connectivity index (χ1n) is 10.5. The molecule has 0 radical (unpaired) electrons. The molecule has 8 heteroatoms. The van der Waals surface area contributed by atoms with Crippen LogP contribution in [-0.4, -0.2) is 42.4 Å². The van der Waals surface area contributed by atoms with Crippen molar-refractivity contribution in [3.8, 4) is 0 Å². The lowest BCUT2D eigenvalue weighted by Gasteiger charge is -2.15. The van der Waals surface area contributed by atoms with E-state index in [4.69, 9.17) is 0 Å². The first-order valence-corrected chi connectivity index (χ1v) is 10.5. The Labute approximate surface area is 204 Å². The molecule has 0 saturated heterocycles. The van der Waals surface area contributed by atoms with E-state index < -0.39 is 4.92 Å². The zero-order chi connectivity index (χ0) is 23.7. The quantitative estimate of drug-likeness (QED) is 0.242. The van der Waals surface area contributed by atoms with Gasteiger partial charge in [-0.2, -0.15) is 0 Å². The van der Waals surface area contributed by atoms with E-state index in [-0.39, 0.29) is 24.0 Å². The highest BCUT2D eigenvalue weighted by molar-refractivity contribution is 6.31. The molecule has 7 nitrogen and oxygen atoms in total. The van der Waals surface area contributed by atoms with Crippen molar-refractivity contribution in [1.29, 1.82) is 0 Å². The molecule has 0 N–H and O–H groups in total. The Balaban J connectivity index is 0.00000324. The largest absolute Gasteiger partial charge is 1.00 e. The summed E-state index contributed by atoms with van der Waals surface area (Å²) < 4.78 is 1.82. The molecule has 0 bridgehead atoms. The fourth-order valence-corrected chi connectivity index (χ4v) is 4.01. The minimum absolute atomic E-state index is 0. The zero-order valence-corrected chi connectivity index (χ0v) is 20.2. The molecule has 3 aromatic carbocycles. The number of carbonyl (C=O) groups excluding carboxylic acids is 1. The van der Waals surface area contributed by atoms with Gasteiger partial charge in [-0.25, -0.2) is 0 Å². The average Bonchev–Trinajstić information content (AvgIpc) is 3.03. The van der Waals surface area contributed by atoms with Gasteiger partial charge < -0.3 is 17.3 Å². The molecule has 0 fully saturated rings. The monoisotopic (exact) mass is 476 g/mol. The van der Waals surface area contributed by atoms with Crippen LogP contribution in [0.5, 0.6) is 0 Å². The summed E-state index contributed by atoms with van der Waals surface area (Å²) in [5.74, 6) is -0.181. The first-order chi connectivity index (χ1) is 15.8. The second-order valence-electron chi connectivity index (χ2n) is 8.06. The van der Waals surface area contributed by atoms with Crippen molar-refractivity contribution in [3.05, 3.63) is 106 Å². The maximum Gasteiger partial charge on any atom is 0.320 e. The first kappa shape index (κ1) is 24.7. The lowest BCUT2D eigenvalue weighted by atomic mass is 9.90. The third kappa shape index (κ3) is 4.43. The molecular weight excluding hydrogens is 452 g/mol. The van der Waals surface area contributed by atoms with Crippen molar-refractivity contribution in [2.75, 3.05) is 31.1 Å². The van der Waals surface area contributed by atoms with Crippen molar-refractivity contribution >= 4 is 34.3 Å². The number of anilines is 2. The Morgan fingerprint density at radius 3 is 2.18 bits per heavy atom. The molecule has 1 aliphatic heterocycles. The van der Waals surface area contributed by atoms with Crippen LogP contribution in [0.4, 0.5) is 17.1 Å². The number of hydrazone groups is 1. The van der Waals surface area contributed by atoms with Crippen LogP contribution >= 0.6 is 0 Å². The van der Waals surface area contributed by atoms with Crippen LogP contribution in [0.1, 0.15) is 18.1 Å². The van der Waals surface area contributed by atoms with Gasteiger partial charge >= 0.3 is 5.91 Å². The molecule has 0 aromatic heterocycles. The number of hydrazine groups is 1. The summed E-state index contributed by atoms with van der Waals surface area (Å²) in [5.41, 5.74) is 5.12. The van der Waals surface area contributed by atoms with E-state index in [9.17, 15) is 14.9 Å². The van der Waals surface area contributed by atoms with Crippen LogP contribution in [0.25, 0.3) is 5.57 Å². The number of hydrogen-bond donors (Lipinski definition) is 0. The lowest BCUT2D eigenvalue weighted by molar-refractivity contribution is -0.495. The minimum Gasteiger partial charge on any atom is -1.00 e. The Bertz CT molecular complexity index is 1300. The van der Waals surface area contributed by atoms with Gasteiger partial charge in [0.05, 0.1) is 4.92 Å². The van der Waals surface area contributed by atoms with E-state index in [0.717, 1.165) is 22.6 Å². The number of nitro groups is 1. The zero-order valence-electron chi connectivity index (χ0n) is 19.4. The fourth-order valence-electron chi connectivity index (χ4n) is 4.01. The number of non-ortho nitro benzene ring substituents is 1. The predicted molar refractivity (Wildman–Crippen MR) is 131 cm³/mol. The molecule has 0 atom stereocenters. The predicted octanol–water partition coefficient (Wildman–Crippen LogP) is 1.53. The second-order valence-corrected chi connectivity index (χ2v) is 8.06. The maximum absolute atomic E-state index is 13.8. The van der Waals surface area contributed by atoms with Crippen LogP contribution in [0.2, 0.25) is 0 Å². The highest BCUT2D eigenvalue weighted by Crippen LogP contribution is 2.34. The van der Waals surface area contributed by atoms with Crippen LogP contribution in [-0.2, 0) is 4.79 Å². The number of halogens is 1. The standard InChI is InChI=1S/C26H25N4O3.ClH/c1-18-24(26(31)29(28(18)4)22-10-6-5-7-11-22)25(19-13-15-21(16-14-19)27(2)3)20-9-8-12-23(17-20)30(32)33;/h5-17H,1-4H3;1H/q+1;/p-1. The van der Waals surface area contributed by atoms with E-state index in [0.29, 0.717) is 16.7 Å². The number of nitrogens with zero attached hydrogens (tertiary/aromatic N) is 4. The molecule has 1 amide bonds. The maximum atomic E-state index is 13.8. The second kappa shape index (κ2) is 9.89. The summed E-state index contributed by atoms with van der Waals surface area (Å²) in [7, 11) is 5.76. The Kier molecular flexibility index (Phi) is 7.17. The smallest absolute Gasteiger partial charge is 0.320 e. The summed E-state index contributed by atoms with van der Waals surface area (Å²) in [6.07, 6.45) is 0. The number of carbonyl (C=O) groups is 1. The van der Waals surface area contributed by atoms with E-state index in [1.807, 2.05) is 92.2 Å². The summed E-state index contributed by atoms with van der Waals surface area (Å²) in [4.78, 5) is 26.8. The molecule has 174 valence electrons. The third-order valence-electron chi connectivity index (χ3n) is 5.82. The Hall–Kier alpha value is -3.97. The van der Waals surface area contributed by atoms with Gasteiger partial charge in [-0.15, -0.1) is 4.68 Å². The van der Waals surface area contributed by atoms with Crippen molar-refractivity contribution in [1.82, 2.24) is 0 Å². The van der Waals surface area contributed by atoms with Gasteiger partial charge in [-0.1, -0.05) is 47.5 Å². The van der Waals surface area contributed by atoms with E-state index >= 15 is 0 Å². The topological polar surface area (TPSA) is 69.7 Å². The molecule has 1 aliphatic rings. The highest BCUT2D eigenvalue weighted by Gasteiger charge is 2.42. The van der Waals surface area contributed by atoms with Crippen LogP contribution in [0.3, 0.4) is 0 Å². The van der Waals surface area contributed by atoms with Crippen LogP contribution in [0.15, 0.2) is 84.4 Å². The van der Waals surface area contributed by atoms with Crippen molar-refractivity contribution in [2.45, 2.75) is 6.92 Å². The number of nitro benzene ring substituents is 1. The van der Waals surface area contributed by atoms with Crippen LogP contribution < -0.4 is 22.3 Å². The molecule has 1 heterocycles. The molecule has 34 heavy (non-hydrogen) atoms. The summed E-state index contributed by atoms with van der Waals surface area (Å²) >= 11 is 0. The average molecular weight is 477 g/mol. The molecule has 3 aromatic rings. The van der Waals surface area contributed by atoms with Crippen LogP contribution in [0, 0.1) is 10.1 Å². The van der Waals surface area contributed by atoms with Crippen molar-refractivity contribution in [3.63, 3.8) is 0 Å². The van der Waals surface area contributed by atoms with E-state index in [1.165, 1.54) is 12.1 Å². The minimum atomic E-state index is -0.420. The third-order valence-corrected chi connectivity index (χ3v) is 5.82. The van der Waals surface area contributed by atoms with Gasteiger partial charge in [-0.05, 0) is 35.4 Å². The Morgan fingerprint density at radius 2 is 1.59 bits per heavy atom. The SMILES string of the molecule is CC1=[N+](C)N(c2ccccc2)C(=O)C1=C(c1ccc(N(C)C)cc1)c1cccc([N+](=O)[O-])c1.[Cl-]. The molecule has 0 aliphatic carbocycles. The van der Waals surface area contributed by atoms with Gasteiger partial charge in [0.15, 0.2) is 7.05 Å². The number of para-hydroxylation sites is 1. The summed E-state index contributed by atoms with van der Waals surface area (Å²) in [5, 5.41) is 13.1. The van der Waals surface area contributed by atoms with E-state index in [1.54, 1.807) is 17.1 Å². The molecule has 0 unspecified atom stereocenters. The molecule has 4 rings (SSSR count). The lowest BCUT2D eigenvalue weighted by Crippen LogP contribution is -3.00. The normalized spacial score (nSPS) is 14.7. The van der Waals surface area contributed by atoms with Gasteiger partial charge in [-0.3, -0.25) is 14.9 Å². The van der Waals surface area contributed by atoms with Crippen molar-refractivity contribution in [2.24, 2.45) is 0 Å². The van der Waals surface area contributed by atoms with Gasteiger partial charge in [0.1, 0.15) is 11.3 Å². The number of amides is 1. The van der Waals surface area contributed by atoms with Crippen molar-refractivity contribution < 1.29 is 26.8 Å². The van der Waals surface area contributed by atoms with Gasteiger partial charge in [0.25, 0.3) is 5.69 Å². The van der Waals surface area contributed by atoms with Gasteiger partial charge in [0, 0.05) is 44.4 Å². The summed E-state index contributed by atoms with van der Waals surface area (Å²) in [6, 6.07) is 23.7. The summed E-state index contributed by atoms with van der Waals surface area (Å²) in [6.45, 7) is 1.89. The highest BCUT2D eigenvalue weighted by atomic mass is 35.5. The fraction of sp³-hybridized carbons (Fsp3) is 0.154. The number of hydrogen-bond acceptors (Lipinski definition) is 4. The molecular formula is C26H25ClN4O3. The number of benzene rings is 3. The van der Waals surface area contributed by atoms with E-state index in [2.05, 4.69) is 0 Å². The Morgan fingerprint density at radius 1 is 0.941 bits per heavy atom. The molecule has 0 saturated carbocycles.